The second kappa shape index (κ2) is 3.95. The summed E-state index contributed by atoms with van der Waals surface area (Å²) in [6.45, 7) is 0. The molecular formula is C17H12NO+. The first-order valence-corrected chi connectivity index (χ1v) is 6.31. The van der Waals surface area contributed by atoms with Crippen molar-refractivity contribution in [3.8, 4) is 0 Å². The summed E-state index contributed by atoms with van der Waals surface area (Å²) in [5.74, 6) is 0. The standard InChI is InChI=1S/C17H12NO/c1-2-6-12-18-15-11-10-13-7-4-5-8-14(13)17(15)19-16(18)9-3-1/h1-12H/q+1/b2-1?,3-1-,6-2-,9-3?,12-6?,16-9+,18-12-. The lowest BCUT2D eigenvalue weighted by Gasteiger charge is -1.93. The number of hydrogen-bond acceptors (Lipinski definition) is 1. The molecule has 0 radical (unpaired) electrons. The number of benzene rings is 2. The summed E-state index contributed by atoms with van der Waals surface area (Å²) >= 11 is 0. The molecule has 1 aliphatic heterocycles. The van der Waals surface area contributed by atoms with Crippen LogP contribution in [0.2, 0.25) is 0 Å². The van der Waals surface area contributed by atoms with Gasteiger partial charge in [-0.05, 0) is 11.5 Å². The fourth-order valence-corrected chi connectivity index (χ4v) is 2.47. The van der Waals surface area contributed by atoms with Gasteiger partial charge in [0.05, 0.1) is 6.08 Å². The molecule has 1 aliphatic rings. The lowest BCUT2D eigenvalue weighted by Crippen LogP contribution is -2.33. The smallest absolute Gasteiger partial charge is 0.379 e. The van der Waals surface area contributed by atoms with E-state index < -0.39 is 0 Å². The van der Waals surface area contributed by atoms with Crippen molar-refractivity contribution in [3.63, 3.8) is 0 Å². The minimum Gasteiger partial charge on any atom is -0.397 e. The van der Waals surface area contributed by atoms with Crippen molar-refractivity contribution < 1.29 is 8.66 Å². The Labute approximate surface area is 109 Å². The van der Waals surface area contributed by atoms with Gasteiger partial charge in [-0.3, -0.25) is 0 Å². The lowest BCUT2D eigenvalue weighted by atomic mass is 10.1. The van der Waals surface area contributed by atoms with Gasteiger partial charge >= 0.3 is 5.55 Å². The SMILES string of the molecule is C1=C\C=[n+]2/c(oc3c4ccccc4ccc32)=C\C=C/1. The second-order valence-corrected chi connectivity index (χ2v) is 4.53. The molecule has 4 rings (SSSR count). The number of oxazole rings is 1. The van der Waals surface area contributed by atoms with Crippen LogP contribution in [0.3, 0.4) is 0 Å². The molecule has 0 spiro atoms. The molecule has 0 aliphatic carbocycles. The molecule has 0 amide bonds. The summed E-state index contributed by atoms with van der Waals surface area (Å²) in [5.41, 5.74) is 2.86. The van der Waals surface area contributed by atoms with Gasteiger partial charge in [0.15, 0.2) is 6.21 Å². The van der Waals surface area contributed by atoms with Crippen LogP contribution in [0, 0.1) is 6.21 Å². The van der Waals surface area contributed by atoms with Gasteiger partial charge in [-0.15, -0.1) is 4.24 Å². The highest BCUT2D eigenvalue weighted by Crippen LogP contribution is 2.21. The van der Waals surface area contributed by atoms with Crippen LogP contribution in [-0.2, 0) is 0 Å². The van der Waals surface area contributed by atoms with Crippen LogP contribution < -0.4 is 9.79 Å². The fourth-order valence-electron chi connectivity index (χ4n) is 2.47. The van der Waals surface area contributed by atoms with Crippen molar-refractivity contribution in [2.75, 3.05) is 0 Å². The maximum absolute atomic E-state index is 6.03. The number of rotatable bonds is 0. The van der Waals surface area contributed by atoms with Gasteiger partial charge in [0, 0.05) is 17.5 Å². The van der Waals surface area contributed by atoms with E-state index in [0.717, 1.165) is 22.0 Å². The molecule has 0 bridgehead atoms. The third-order valence-corrected chi connectivity index (χ3v) is 3.37. The minimum absolute atomic E-state index is 0.840. The maximum atomic E-state index is 6.03. The Balaban J connectivity index is 2.28. The Bertz CT molecular complexity index is 958. The summed E-state index contributed by atoms with van der Waals surface area (Å²) in [7, 11) is 0. The zero-order chi connectivity index (χ0) is 12.7. The molecule has 0 saturated heterocycles. The quantitative estimate of drug-likeness (QED) is 0.558. The third kappa shape index (κ3) is 1.54. The Hall–Kier alpha value is -2.61. The normalized spacial score (nSPS) is 20.6. The number of fused-ring (bicyclic) bond motifs is 5. The van der Waals surface area contributed by atoms with Crippen LogP contribution in [0.1, 0.15) is 0 Å². The predicted octanol–water partition coefficient (Wildman–Crippen LogP) is 2.79. The van der Waals surface area contributed by atoms with E-state index in [4.69, 9.17) is 4.42 Å². The van der Waals surface area contributed by atoms with Crippen molar-refractivity contribution in [1.29, 1.82) is 0 Å². The first kappa shape index (κ1) is 10.3. The summed E-state index contributed by atoms with van der Waals surface area (Å²) in [6, 6.07) is 12.5. The molecule has 0 unspecified atom stereocenters. The van der Waals surface area contributed by atoms with Crippen LogP contribution in [0.4, 0.5) is 0 Å². The fraction of sp³-hybridized carbons (Fsp3) is 0. The summed E-state index contributed by atoms with van der Waals surface area (Å²) < 4.78 is 8.10. The highest BCUT2D eigenvalue weighted by molar-refractivity contribution is 6.01. The molecule has 1 aromatic heterocycles. The van der Waals surface area contributed by atoms with Gasteiger partial charge < -0.3 is 4.42 Å². The topological polar surface area (TPSA) is 19.0 Å². The number of hydrogen-bond donors (Lipinski definition) is 0. The van der Waals surface area contributed by atoms with Crippen molar-refractivity contribution in [2.45, 2.75) is 0 Å². The minimum atomic E-state index is 0.840. The molecular weight excluding hydrogens is 234 g/mol. The number of allylic oxidation sites excluding steroid dienone is 4. The molecule has 90 valence electrons. The molecule has 2 aromatic carbocycles. The second-order valence-electron chi connectivity index (χ2n) is 4.53. The Morgan fingerprint density at radius 1 is 0.842 bits per heavy atom. The summed E-state index contributed by atoms with van der Waals surface area (Å²) in [4.78, 5) is 0. The largest absolute Gasteiger partial charge is 0.397 e. The van der Waals surface area contributed by atoms with Gasteiger partial charge in [-0.2, -0.15) is 0 Å². The molecule has 3 aromatic rings. The summed E-state index contributed by atoms with van der Waals surface area (Å²) in [6.07, 6.45) is 12.0. The molecule has 2 nitrogen and oxygen atoms in total. The molecule has 0 fully saturated rings. The van der Waals surface area contributed by atoms with E-state index in [1.54, 1.807) is 0 Å². The van der Waals surface area contributed by atoms with Crippen molar-refractivity contribution in [1.82, 2.24) is 0 Å². The molecule has 19 heavy (non-hydrogen) atoms. The molecule has 0 N–H and O–H groups in total. The predicted molar refractivity (Wildman–Crippen MR) is 76.0 cm³/mol. The third-order valence-electron chi connectivity index (χ3n) is 3.37. The monoisotopic (exact) mass is 246 g/mol. The van der Waals surface area contributed by atoms with E-state index in [9.17, 15) is 0 Å². The van der Waals surface area contributed by atoms with Gasteiger partial charge in [0.25, 0.3) is 5.52 Å². The molecule has 2 heterocycles. The molecule has 0 atom stereocenters. The Kier molecular flexibility index (Phi) is 2.15. The summed E-state index contributed by atoms with van der Waals surface area (Å²) in [5, 5.41) is 2.34. The van der Waals surface area contributed by atoms with E-state index in [1.807, 2.05) is 48.7 Å². The Morgan fingerprint density at radius 2 is 1.74 bits per heavy atom. The van der Waals surface area contributed by atoms with Crippen LogP contribution in [-0.4, -0.2) is 0 Å². The van der Waals surface area contributed by atoms with Crippen molar-refractivity contribution in [2.24, 2.45) is 0 Å². The van der Waals surface area contributed by atoms with E-state index >= 15 is 0 Å². The lowest BCUT2D eigenvalue weighted by molar-refractivity contribution is -0.501. The maximum Gasteiger partial charge on any atom is 0.379 e. The van der Waals surface area contributed by atoms with Crippen LogP contribution in [0.15, 0.2) is 65.1 Å². The van der Waals surface area contributed by atoms with E-state index in [-0.39, 0.29) is 0 Å². The zero-order valence-electron chi connectivity index (χ0n) is 10.3. The Morgan fingerprint density at radius 3 is 2.74 bits per heavy atom. The van der Waals surface area contributed by atoms with E-state index in [0.29, 0.717) is 0 Å². The van der Waals surface area contributed by atoms with Gasteiger partial charge in [-0.1, -0.05) is 42.5 Å². The molecule has 2 heteroatoms. The molecule has 0 saturated carbocycles. The van der Waals surface area contributed by atoms with Gasteiger partial charge in [0.1, 0.15) is 0 Å². The number of aromatic nitrogens is 1. The zero-order valence-corrected chi connectivity index (χ0v) is 10.3. The average Bonchev–Trinajstić information content (AvgIpc) is 2.76. The average molecular weight is 246 g/mol. The van der Waals surface area contributed by atoms with Gasteiger partial charge in [0.2, 0.25) is 5.58 Å². The van der Waals surface area contributed by atoms with E-state index in [1.165, 1.54) is 5.39 Å². The van der Waals surface area contributed by atoms with Crippen molar-refractivity contribution >= 4 is 27.9 Å². The van der Waals surface area contributed by atoms with Crippen LogP contribution in [0.5, 0.6) is 0 Å². The van der Waals surface area contributed by atoms with Crippen molar-refractivity contribution in [3.05, 3.63) is 72.5 Å². The van der Waals surface area contributed by atoms with Crippen LogP contribution in [0.25, 0.3) is 27.9 Å². The number of nitrogens with zero attached hydrogens (tertiary/aromatic N) is 1. The van der Waals surface area contributed by atoms with Crippen LogP contribution >= 0.6 is 0 Å². The highest BCUT2D eigenvalue weighted by Gasteiger charge is 2.14. The first-order chi connectivity index (χ1) is 9.43. The van der Waals surface area contributed by atoms with E-state index in [2.05, 4.69) is 28.5 Å². The van der Waals surface area contributed by atoms with Gasteiger partial charge in [-0.25, -0.2) is 0 Å². The first-order valence-electron chi connectivity index (χ1n) is 6.31. The highest BCUT2D eigenvalue weighted by atomic mass is 16.3.